The van der Waals surface area contributed by atoms with Crippen LogP contribution in [0.1, 0.15) is 36.1 Å². The van der Waals surface area contributed by atoms with Crippen molar-refractivity contribution in [3.63, 3.8) is 0 Å². The molecule has 1 aliphatic heterocycles. The van der Waals surface area contributed by atoms with Gasteiger partial charge in [0.2, 0.25) is 11.8 Å². The minimum atomic E-state index is -0.310. The smallest absolute Gasteiger partial charge is 0.236 e. The lowest BCUT2D eigenvalue weighted by molar-refractivity contribution is -0.132. The van der Waals surface area contributed by atoms with Crippen molar-refractivity contribution in [2.24, 2.45) is 0 Å². The highest BCUT2D eigenvalue weighted by Crippen LogP contribution is 2.30. The van der Waals surface area contributed by atoms with Gasteiger partial charge in [-0.1, -0.05) is 54.6 Å². The van der Waals surface area contributed by atoms with Gasteiger partial charge in [-0.2, -0.15) is 0 Å². The maximum atomic E-state index is 13.6. The molecule has 0 aromatic heterocycles. The maximum absolute atomic E-state index is 13.6. The number of halogens is 2. The van der Waals surface area contributed by atoms with Crippen LogP contribution in [-0.2, 0) is 16.0 Å². The Bertz CT molecular complexity index is 1150. The van der Waals surface area contributed by atoms with Crippen LogP contribution in [0.2, 0.25) is 0 Å². The molecule has 8 heteroatoms. The van der Waals surface area contributed by atoms with Crippen LogP contribution in [0.15, 0.2) is 78.9 Å². The van der Waals surface area contributed by atoms with Crippen molar-refractivity contribution in [3.8, 4) is 0 Å². The number of hydrogen-bond acceptors (Lipinski definition) is 4. The molecule has 0 radical (unpaired) electrons. The lowest BCUT2D eigenvalue weighted by Crippen LogP contribution is -2.52. The van der Waals surface area contributed by atoms with Gasteiger partial charge in [0, 0.05) is 32.2 Å². The molecule has 0 saturated carbocycles. The lowest BCUT2D eigenvalue weighted by Gasteiger charge is -2.40. The summed E-state index contributed by atoms with van der Waals surface area (Å²) in [6.45, 7) is 4.44. The molecule has 0 aliphatic carbocycles. The topological polar surface area (TPSA) is 64.7 Å². The Balaban J connectivity index is 1.22. The van der Waals surface area contributed by atoms with E-state index in [0.29, 0.717) is 26.2 Å². The van der Waals surface area contributed by atoms with Crippen LogP contribution in [0.25, 0.3) is 0 Å². The molecule has 3 aromatic carbocycles. The van der Waals surface area contributed by atoms with E-state index in [2.05, 4.69) is 27.7 Å². The van der Waals surface area contributed by atoms with Crippen molar-refractivity contribution < 1.29 is 18.4 Å². The molecule has 1 saturated heterocycles. The van der Waals surface area contributed by atoms with Gasteiger partial charge in [0.15, 0.2) is 0 Å². The molecule has 0 spiro atoms. The zero-order valence-corrected chi connectivity index (χ0v) is 22.3. The zero-order valence-electron chi connectivity index (χ0n) is 22.3. The molecule has 1 fully saturated rings. The number of piperazine rings is 1. The molecule has 6 nitrogen and oxygen atoms in total. The third kappa shape index (κ3) is 8.43. The van der Waals surface area contributed by atoms with Crippen LogP contribution in [0.3, 0.4) is 0 Å². The van der Waals surface area contributed by atoms with Gasteiger partial charge in [-0.25, -0.2) is 8.78 Å². The molecule has 1 unspecified atom stereocenters. The van der Waals surface area contributed by atoms with Gasteiger partial charge in [-0.3, -0.25) is 19.8 Å². The maximum Gasteiger partial charge on any atom is 0.236 e. The first kappa shape index (κ1) is 28.4. The fourth-order valence-electron chi connectivity index (χ4n) is 4.95. The SMILES string of the molecule is CC(CCc1ccccc1)NC(=O)CNCC(=O)N1CCN(C(c2ccc(F)cc2)c2ccc(F)cc2)CC1. The Morgan fingerprint density at radius 1 is 0.795 bits per heavy atom. The third-order valence-electron chi connectivity index (χ3n) is 7.08. The molecular weight excluding hydrogens is 498 g/mol. The molecule has 2 N–H and O–H groups in total. The van der Waals surface area contributed by atoms with Crippen molar-refractivity contribution in [2.45, 2.75) is 31.8 Å². The minimum absolute atomic E-state index is 0.0402. The van der Waals surface area contributed by atoms with Crippen molar-refractivity contribution >= 4 is 11.8 Å². The second kappa shape index (κ2) is 14.0. The van der Waals surface area contributed by atoms with Crippen LogP contribution >= 0.6 is 0 Å². The summed E-state index contributed by atoms with van der Waals surface area (Å²) in [5.74, 6) is -0.806. The summed E-state index contributed by atoms with van der Waals surface area (Å²) in [5.41, 5.74) is 3.06. The number of hydrogen-bond donors (Lipinski definition) is 2. The van der Waals surface area contributed by atoms with Crippen LogP contribution in [-0.4, -0.2) is 66.9 Å². The molecule has 1 heterocycles. The van der Waals surface area contributed by atoms with Crippen molar-refractivity contribution in [1.29, 1.82) is 0 Å². The summed E-state index contributed by atoms with van der Waals surface area (Å²) >= 11 is 0. The highest BCUT2D eigenvalue weighted by Gasteiger charge is 2.28. The number of nitrogens with zero attached hydrogens (tertiary/aromatic N) is 2. The number of carbonyl (C=O) groups is 2. The van der Waals surface area contributed by atoms with Gasteiger partial charge in [0.25, 0.3) is 0 Å². The minimum Gasteiger partial charge on any atom is -0.353 e. The van der Waals surface area contributed by atoms with Crippen LogP contribution in [0.5, 0.6) is 0 Å². The standard InChI is InChI=1S/C31H36F2N4O2/c1-23(7-8-24-5-3-2-4-6-24)35-29(38)21-34-22-30(39)36-17-19-37(20-18-36)31(25-9-13-27(32)14-10-25)26-11-15-28(33)16-12-26/h2-6,9-16,23,31,34H,7-8,17-22H2,1H3,(H,35,38). The van der Waals surface area contributed by atoms with Gasteiger partial charge in [-0.05, 0) is 60.7 Å². The first-order valence-electron chi connectivity index (χ1n) is 13.5. The van der Waals surface area contributed by atoms with Gasteiger partial charge in [0.05, 0.1) is 19.1 Å². The largest absolute Gasteiger partial charge is 0.353 e. The van der Waals surface area contributed by atoms with Crippen molar-refractivity contribution in [1.82, 2.24) is 20.4 Å². The predicted molar refractivity (Wildman–Crippen MR) is 148 cm³/mol. The number of carbonyl (C=O) groups excluding carboxylic acids is 2. The quantitative estimate of drug-likeness (QED) is 0.392. The van der Waals surface area contributed by atoms with E-state index in [1.807, 2.05) is 25.1 Å². The second-order valence-corrected chi connectivity index (χ2v) is 10.0. The summed E-state index contributed by atoms with van der Waals surface area (Å²) in [4.78, 5) is 29.1. The Hall–Kier alpha value is -3.62. The van der Waals surface area contributed by atoms with Gasteiger partial charge in [-0.15, -0.1) is 0 Å². The average molecular weight is 535 g/mol. The Morgan fingerprint density at radius 3 is 1.92 bits per heavy atom. The predicted octanol–water partition coefficient (Wildman–Crippen LogP) is 3.93. The number of rotatable bonds is 11. The molecule has 2 amide bonds. The molecule has 206 valence electrons. The highest BCUT2D eigenvalue weighted by atomic mass is 19.1. The zero-order chi connectivity index (χ0) is 27.6. The Kier molecular flexibility index (Phi) is 10.2. The molecule has 1 atom stereocenters. The number of benzene rings is 3. The van der Waals surface area contributed by atoms with E-state index in [1.54, 1.807) is 29.2 Å². The second-order valence-electron chi connectivity index (χ2n) is 10.0. The number of aryl methyl sites for hydroxylation is 1. The summed E-state index contributed by atoms with van der Waals surface area (Å²) in [7, 11) is 0. The van der Waals surface area contributed by atoms with E-state index in [1.165, 1.54) is 29.8 Å². The average Bonchev–Trinajstić information content (AvgIpc) is 2.95. The van der Waals surface area contributed by atoms with Crippen molar-refractivity contribution in [2.75, 3.05) is 39.3 Å². The van der Waals surface area contributed by atoms with E-state index in [-0.39, 0.29) is 48.6 Å². The van der Waals surface area contributed by atoms with Gasteiger partial charge >= 0.3 is 0 Å². The summed E-state index contributed by atoms with van der Waals surface area (Å²) < 4.78 is 27.1. The molecule has 1 aliphatic rings. The van der Waals surface area contributed by atoms with E-state index >= 15 is 0 Å². The van der Waals surface area contributed by atoms with Crippen LogP contribution < -0.4 is 10.6 Å². The van der Waals surface area contributed by atoms with E-state index in [0.717, 1.165) is 24.0 Å². The van der Waals surface area contributed by atoms with Crippen molar-refractivity contribution in [3.05, 3.63) is 107 Å². The third-order valence-corrected chi connectivity index (χ3v) is 7.08. The fraction of sp³-hybridized carbons (Fsp3) is 0.355. The normalized spacial score (nSPS) is 14.8. The first-order valence-corrected chi connectivity index (χ1v) is 13.5. The molecule has 4 rings (SSSR count). The Labute approximate surface area is 229 Å². The van der Waals surface area contributed by atoms with Crippen LogP contribution in [0, 0.1) is 11.6 Å². The van der Waals surface area contributed by atoms with Crippen LogP contribution in [0.4, 0.5) is 8.78 Å². The van der Waals surface area contributed by atoms with Gasteiger partial charge < -0.3 is 10.2 Å². The lowest BCUT2D eigenvalue weighted by atomic mass is 9.96. The first-order chi connectivity index (χ1) is 18.9. The highest BCUT2D eigenvalue weighted by molar-refractivity contribution is 5.81. The van der Waals surface area contributed by atoms with E-state index < -0.39 is 0 Å². The molecule has 3 aromatic rings. The van der Waals surface area contributed by atoms with Gasteiger partial charge in [0.1, 0.15) is 11.6 Å². The number of nitrogens with one attached hydrogen (secondary N) is 2. The molecular formula is C31H36F2N4O2. The monoisotopic (exact) mass is 534 g/mol. The summed E-state index contributed by atoms with van der Waals surface area (Å²) in [6.07, 6.45) is 1.74. The fourth-order valence-corrected chi connectivity index (χ4v) is 4.95. The number of amides is 2. The summed E-state index contributed by atoms with van der Waals surface area (Å²) in [5, 5.41) is 5.95. The van der Waals surface area contributed by atoms with E-state index in [4.69, 9.17) is 0 Å². The molecule has 39 heavy (non-hydrogen) atoms. The summed E-state index contributed by atoms with van der Waals surface area (Å²) in [6, 6.07) is 22.7. The van der Waals surface area contributed by atoms with E-state index in [9.17, 15) is 18.4 Å². The Morgan fingerprint density at radius 2 is 1.36 bits per heavy atom. The molecule has 0 bridgehead atoms.